The maximum atomic E-state index is 12.4. The van der Waals surface area contributed by atoms with E-state index in [0.717, 1.165) is 25.7 Å². The van der Waals surface area contributed by atoms with E-state index in [9.17, 15) is 14.4 Å². The van der Waals surface area contributed by atoms with Gasteiger partial charge in [0.15, 0.2) is 0 Å². The van der Waals surface area contributed by atoms with Crippen molar-refractivity contribution in [3.05, 3.63) is 23.8 Å². The molecule has 2 unspecified atom stereocenters. The predicted octanol–water partition coefficient (Wildman–Crippen LogP) is 2.07. The van der Waals surface area contributed by atoms with Crippen LogP contribution >= 0.6 is 0 Å². The molecule has 7 heteroatoms. The molecule has 1 heterocycles. The van der Waals surface area contributed by atoms with Gasteiger partial charge in [-0.2, -0.15) is 5.26 Å². The number of nitrogens with one attached hydrogen (secondary N) is 1. The third-order valence-electron chi connectivity index (χ3n) is 5.10. The van der Waals surface area contributed by atoms with E-state index in [2.05, 4.69) is 5.32 Å². The zero-order valence-electron chi connectivity index (χ0n) is 14.7. The second-order valence-electron chi connectivity index (χ2n) is 6.65. The Morgan fingerprint density at radius 3 is 2.50 bits per heavy atom. The Morgan fingerprint density at radius 2 is 1.92 bits per heavy atom. The van der Waals surface area contributed by atoms with Gasteiger partial charge in [0.05, 0.1) is 36.3 Å². The highest BCUT2D eigenvalue weighted by Crippen LogP contribution is 2.38. The molecular weight excluding hydrogens is 334 g/mol. The summed E-state index contributed by atoms with van der Waals surface area (Å²) in [6.07, 6.45) is 3.48. The molecule has 1 aliphatic heterocycles. The number of benzene rings is 1. The maximum Gasteiger partial charge on any atom is 0.233 e. The van der Waals surface area contributed by atoms with Gasteiger partial charge in [0.1, 0.15) is 5.75 Å². The number of ether oxygens (including phenoxy) is 1. The highest BCUT2D eigenvalue weighted by atomic mass is 16.5. The fourth-order valence-corrected chi connectivity index (χ4v) is 3.75. The van der Waals surface area contributed by atoms with Crippen LogP contribution in [-0.2, 0) is 14.4 Å². The molecule has 2 aliphatic rings. The Hall–Kier alpha value is -2.88. The van der Waals surface area contributed by atoms with Crippen molar-refractivity contribution in [1.82, 2.24) is 4.90 Å². The Labute approximate surface area is 151 Å². The topological polar surface area (TPSA) is 99.5 Å². The van der Waals surface area contributed by atoms with Crippen LogP contribution in [0, 0.1) is 23.2 Å². The van der Waals surface area contributed by atoms with E-state index >= 15 is 0 Å². The van der Waals surface area contributed by atoms with Crippen molar-refractivity contribution in [2.75, 3.05) is 19.0 Å². The number of hydrogen-bond donors (Lipinski definition) is 1. The monoisotopic (exact) mass is 355 g/mol. The van der Waals surface area contributed by atoms with Gasteiger partial charge in [-0.05, 0) is 31.0 Å². The largest absolute Gasteiger partial charge is 0.495 e. The van der Waals surface area contributed by atoms with Gasteiger partial charge in [-0.3, -0.25) is 19.3 Å². The molecule has 7 nitrogen and oxygen atoms in total. The van der Waals surface area contributed by atoms with Crippen LogP contribution in [-0.4, -0.2) is 36.3 Å². The molecule has 1 aromatic carbocycles. The number of methoxy groups -OCH3 is 1. The first-order valence-electron chi connectivity index (χ1n) is 8.78. The van der Waals surface area contributed by atoms with Crippen molar-refractivity contribution in [2.45, 2.75) is 32.1 Å². The Bertz CT molecular complexity index is 759. The number of imide groups is 1. The number of amides is 3. The number of nitriles is 1. The van der Waals surface area contributed by atoms with Crippen LogP contribution in [0.15, 0.2) is 18.2 Å². The minimum Gasteiger partial charge on any atom is -0.495 e. The van der Waals surface area contributed by atoms with Crippen molar-refractivity contribution < 1.29 is 19.1 Å². The first-order chi connectivity index (χ1) is 12.5. The predicted molar refractivity (Wildman–Crippen MR) is 93.1 cm³/mol. The molecule has 1 aromatic rings. The summed E-state index contributed by atoms with van der Waals surface area (Å²) in [5.41, 5.74) is 0.791. The fraction of sp³-hybridized carbons (Fsp3) is 0.474. The lowest BCUT2D eigenvalue weighted by Gasteiger charge is -2.19. The summed E-state index contributed by atoms with van der Waals surface area (Å²) < 4.78 is 5.18. The third kappa shape index (κ3) is 3.40. The smallest absolute Gasteiger partial charge is 0.233 e. The molecule has 26 heavy (non-hydrogen) atoms. The summed E-state index contributed by atoms with van der Waals surface area (Å²) in [7, 11) is 1.47. The number of rotatable bonds is 5. The van der Waals surface area contributed by atoms with Crippen molar-refractivity contribution in [2.24, 2.45) is 11.8 Å². The number of anilines is 1. The van der Waals surface area contributed by atoms with E-state index < -0.39 is 0 Å². The maximum absolute atomic E-state index is 12.4. The molecule has 0 radical (unpaired) electrons. The molecule has 3 rings (SSSR count). The Morgan fingerprint density at radius 1 is 1.27 bits per heavy atom. The molecule has 3 amide bonds. The second kappa shape index (κ2) is 7.56. The van der Waals surface area contributed by atoms with Crippen molar-refractivity contribution in [1.29, 1.82) is 5.26 Å². The number of carbonyl (C=O) groups is 3. The summed E-state index contributed by atoms with van der Waals surface area (Å²) in [5.74, 6) is -0.586. The normalized spacial score (nSPS) is 21.9. The highest BCUT2D eigenvalue weighted by Gasteiger charge is 2.47. The highest BCUT2D eigenvalue weighted by molar-refractivity contribution is 6.05. The van der Waals surface area contributed by atoms with Gasteiger partial charge in [-0.1, -0.05) is 12.8 Å². The summed E-state index contributed by atoms with van der Waals surface area (Å²) in [4.78, 5) is 38.3. The Kier molecular flexibility index (Phi) is 5.21. The second-order valence-corrected chi connectivity index (χ2v) is 6.65. The van der Waals surface area contributed by atoms with Crippen molar-refractivity contribution >= 4 is 23.4 Å². The van der Waals surface area contributed by atoms with E-state index in [-0.39, 0.29) is 42.5 Å². The molecule has 1 aliphatic carbocycles. The standard InChI is InChI=1S/C19H21N3O4/c1-26-16-7-6-12(11-20)10-15(16)21-17(23)8-9-22-18(24)13-4-2-3-5-14(13)19(22)25/h6-7,10,13-14H,2-5,8-9H2,1H3,(H,21,23). The number of hydrogen-bond acceptors (Lipinski definition) is 5. The molecule has 1 N–H and O–H groups in total. The van der Waals surface area contributed by atoms with E-state index in [1.165, 1.54) is 18.1 Å². The SMILES string of the molecule is COc1ccc(C#N)cc1NC(=O)CCN1C(=O)C2CCCCC2C1=O. The summed E-state index contributed by atoms with van der Waals surface area (Å²) in [5, 5.41) is 11.7. The van der Waals surface area contributed by atoms with E-state index in [1.807, 2.05) is 6.07 Å². The van der Waals surface area contributed by atoms with Crippen molar-refractivity contribution in [3.63, 3.8) is 0 Å². The van der Waals surface area contributed by atoms with Gasteiger partial charge in [-0.15, -0.1) is 0 Å². The zero-order valence-corrected chi connectivity index (χ0v) is 14.7. The molecule has 136 valence electrons. The van der Waals surface area contributed by atoms with Gasteiger partial charge in [0.2, 0.25) is 17.7 Å². The lowest BCUT2D eigenvalue weighted by molar-refractivity contribution is -0.140. The van der Waals surface area contributed by atoms with Crippen molar-refractivity contribution in [3.8, 4) is 11.8 Å². The van der Waals surface area contributed by atoms with E-state index in [1.54, 1.807) is 12.1 Å². The lowest BCUT2D eigenvalue weighted by Crippen LogP contribution is -2.34. The van der Waals surface area contributed by atoms with Crippen LogP contribution in [0.5, 0.6) is 5.75 Å². The minimum atomic E-state index is -0.339. The van der Waals surface area contributed by atoms with Crippen LogP contribution < -0.4 is 10.1 Å². The van der Waals surface area contributed by atoms with Gasteiger partial charge in [-0.25, -0.2) is 0 Å². The van der Waals surface area contributed by atoms with E-state index in [4.69, 9.17) is 10.00 Å². The molecule has 1 saturated carbocycles. The van der Waals surface area contributed by atoms with Gasteiger partial charge < -0.3 is 10.1 Å². The first kappa shape index (κ1) is 17.9. The molecule has 2 fully saturated rings. The van der Waals surface area contributed by atoms with Gasteiger partial charge in [0, 0.05) is 13.0 Å². The van der Waals surface area contributed by atoms with Crippen LogP contribution in [0.4, 0.5) is 5.69 Å². The molecule has 0 spiro atoms. The van der Waals surface area contributed by atoms with Crippen LogP contribution in [0.25, 0.3) is 0 Å². The fourth-order valence-electron chi connectivity index (χ4n) is 3.75. The number of carbonyl (C=O) groups excluding carboxylic acids is 3. The van der Waals surface area contributed by atoms with Crippen LogP contribution in [0.1, 0.15) is 37.7 Å². The van der Waals surface area contributed by atoms with Gasteiger partial charge in [0.25, 0.3) is 0 Å². The van der Waals surface area contributed by atoms with Crippen LogP contribution in [0.2, 0.25) is 0 Å². The average molecular weight is 355 g/mol. The third-order valence-corrected chi connectivity index (χ3v) is 5.10. The zero-order chi connectivity index (χ0) is 18.7. The minimum absolute atomic E-state index is 0.0108. The number of nitrogens with zero attached hydrogens (tertiary/aromatic N) is 2. The number of likely N-dealkylation sites (tertiary alicyclic amines) is 1. The van der Waals surface area contributed by atoms with Crippen LogP contribution in [0.3, 0.4) is 0 Å². The molecule has 1 saturated heterocycles. The summed E-state index contributed by atoms with van der Waals surface area (Å²) in [6.45, 7) is 0.0801. The quantitative estimate of drug-likeness (QED) is 0.815. The number of fused-ring (bicyclic) bond motifs is 1. The van der Waals surface area contributed by atoms with E-state index in [0.29, 0.717) is 17.0 Å². The lowest BCUT2D eigenvalue weighted by atomic mass is 9.81. The molecular formula is C19H21N3O4. The molecule has 2 atom stereocenters. The molecule has 0 bridgehead atoms. The first-order valence-corrected chi connectivity index (χ1v) is 8.78. The summed E-state index contributed by atoms with van der Waals surface area (Å²) >= 11 is 0. The molecule has 0 aromatic heterocycles. The van der Waals surface area contributed by atoms with Gasteiger partial charge >= 0.3 is 0 Å². The Balaban J connectivity index is 1.62. The average Bonchev–Trinajstić information content (AvgIpc) is 2.91. The summed E-state index contributed by atoms with van der Waals surface area (Å²) in [6, 6.07) is 6.73.